The lowest BCUT2D eigenvalue weighted by Crippen LogP contribution is -2.60. The molecule has 0 aromatic heterocycles. The Morgan fingerprint density at radius 3 is 1.25 bits per heavy atom. The third-order valence-corrected chi connectivity index (χ3v) is 16.0. The Bertz CT molecular complexity index is 1410. The summed E-state index contributed by atoms with van der Waals surface area (Å²) in [6, 6.07) is -0.832. The zero-order valence-corrected chi connectivity index (χ0v) is 51.3. The monoisotopic (exact) mass is 1120 g/mol. The first kappa shape index (κ1) is 74.9. The van der Waals surface area contributed by atoms with Gasteiger partial charge in [0, 0.05) is 12.8 Å². The molecule has 0 radical (unpaired) electrons. The molecule has 1 heterocycles. The lowest BCUT2D eigenvalue weighted by atomic mass is 9.99. The molecule has 1 saturated heterocycles. The number of rotatable bonds is 59. The van der Waals surface area contributed by atoms with Crippen LogP contribution < -0.4 is 5.32 Å². The molecule has 1 aliphatic heterocycles. The Morgan fingerprint density at radius 2 is 0.823 bits per heavy atom. The molecule has 1 aliphatic rings. The van der Waals surface area contributed by atoms with Crippen LogP contribution in [0.25, 0.3) is 0 Å². The second-order valence-corrected chi connectivity index (χ2v) is 23.5. The lowest BCUT2D eigenvalue weighted by Gasteiger charge is -2.40. The van der Waals surface area contributed by atoms with E-state index in [1.165, 1.54) is 225 Å². The summed E-state index contributed by atoms with van der Waals surface area (Å²) in [5.74, 6) is -0.185. The highest BCUT2D eigenvalue weighted by Crippen LogP contribution is 2.23. The third-order valence-electron chi connectivity index (χ3n) is 16.0. The van der Waals surface area contributed by atoms with Crippen LogP contribution in [0.4, 0.5) is 0 Å². The zero-order valence-electron chi connectivity index (χ0n) is 51.3. The summed E-state index contributed by atoms with van der Waals surface area (Å²) in [6.45, 7) is 4.31. The van der Waals surface area contributed by atoms with Gasteiger partial charge in [-0.1, -0.05) is 288 Å². The van der Waals surface area contributed by atoms with Gasteiger partial charge in [0.1, 0.15) is 24.4 Å². The number of ether oxygens (including phenoxy) is 3. The van der Waals surface area contributed by atoms with Crippen LogP contribution in [0.2, 0.25) is 0 Å². The smallest absolute Gasteiger partial charge is 0.305 e. The van der Waals surface area contributed by atoms with E-state index in [-0.39, 0.29) is 18.5 Å². The summed E-state index contributed by atoms with van der Waals surface area (Å²) in [7, 11) is 0. The number of nitrogens with one attached hydrogen (secondary N) is 1. The predicted molar refractivity (Wildman–Crippen MR) is 329 cm³/mol. The van der Waals surface area contributed by atoms with Crippen molar-refractivity contribution in [1.82, 2.24) is 5.32 Å². The zero-order chi connectivity index (χ0) is 57.3. The van der Waals surface area contributed by atoms with Gasteiger partial charge in [0.15, 0.2) is 6.29 Å². The maximum absolute atomic E-state index is 13.0. The number of carbonyl (C=O) groups excluding carboxylic acids is 2. The fraction of sp³-hybridized carbons (Fsp3) is 0.882. The minimum Gasteiger partial charge on any atom is -0.466 e. The minimum atomic E-state index is -1.58. The first-order chi connectivity index (χ1) is 38.7. The summed E-state index contributed by atoms with van der Waals surface area (Å²) in [5, 5.41) is 54.4. The predicted octanol–water partition coefficient (Wildman–Crippen LogP) is 16.6. The van der Waals surface area contributed by atoms with E-state index in [0.717, 1.165) is 70.6 Å². The van der Waals surface area contributed by atoms with Gasteiger partial charge in [-0.15, -0.1) is 0 Å². The molecule has 0 aromatic carbocycles. The molecule has 7 unspecified atom stereocenters. The summed E-state index contributed by atoms with van der Waals surface area (Å²) in [4.78, 5) is 25.1. The molecular weight excluding hydrogens is 991 g/mol. The lowest BCUT2D eigenvalue weighted by molar-refractivity contribution is -0.302. The number of unbranched alkanes of at least 4 members (excludes halogenated alkanes) is 41. The van der Waals surface area contributed by atoms with Crippen LogP contribution in [-0.4, -0.2) is 100 Å². The molecule has 1 amide bonds. The number of hydrogen-bond acceptors (Lipinski definition) is 10. The Kier molecular flexibility index (Phi) is 54.7. The van der Waals surface area contributed by atoms with Crippen LogP contribution in [0.1, 0.15) is 322 Å². The molecule has 0 spiro atoms. The van der Waals surface area contributed by atoms with Crippen LogP contribution in [0.3, 0.4) is 0 Å². The average molecular weight is 1120 g/mol. The Balaban J connectivity index is 2.00. The van der Waals surface area contributed by atoms with Gasteiger partial charge in [0.25, 0.3) is 0 Å². The fourth-order valence-corrected chi connectivity index (χ4v) is 10.6. The van der Waals surface area contributed by atoms with Crippen molar-refractivity contribution in [3.05, 3.63) is 36.5 Å². The Morgan fingerprint density at radius 1 is 0.456 bits per heavy atom. The molecular formula is C68H127NO10. The van der Waals surface area contributed by atoms with Crippen LogP contribution in [0, 0.1) is 0 Å². The Labute approximate surface area is 485 Å². The van der Waals surface area contributed by atoms with E-state index in [4.69, 9.17) is 14.2 Å². The van der Waals surface area contributed by atoms with Gasteiger partial charge < -0.3 is 45.1 Å². The number of aliphatic hydroxyl groups excluding tert-OH is 5. The van der Waals surface area contributed by atoms with E-state index in [2.05, 4.69) is 43.5 Å². The van der Waals surface area contributed by atoms with Crippen molar-refractivity contribution >= 4 is 11.9 Å². The fourth-order valence-electron chi connectivity index (χ4n) is 10.6. The number of carbonyl (C=O) groups is 2. The number of aliphatic hydroxyl groups is 5. The van der Waals surface area contributed by atoms with Crippen LogP contribution >= 0.6 is 0 Å². The van der Waals surface area contributed by atoms with Crippen molar-refractivity contribution in [3.8, 4) is 0 Å². The van der Waals surface area contributed by atoms with E-state index in [0.29, 0.717) is 19.4 Å². The van der Waals surface area contributed by atoms with Crippen LogP contribution in [0.15, 0.2) is 36.5 Å². The number of amides is 1. The van der Waals surface area contributed by atoms with Gasteiger partial charge in [-0.25, -0.2) is 0 Å². The molecule has 464 valence electrons. The van der Waals surface area contributed by atoms with Gasteiger partial charge in [0.2, 0.25) is 5.91 Å². The maximum atomic E-state index is 13.0. The summed E-state index contributed by atoms with van der Waals surface area (Å²) in [5.41, 5.74) is 0. The third kappa shape index (κ3) is 47.0. The van der Waals surface area contributed by atoms with Crippen molar-refractivity contribution in [2.75, 3.05) is 19.8 Å². The molecule has 11 heteroatoms. The minimum absolute atomic E-state index is 0.00783. The summed E-state index contributed by atoms with van der Waals surface area (Å²) >= 11 is 0. The van der Waals surface area contributed by atoms with E-state index >= 15 is 0 Å². The first-order valence-corrected chi connectivity index (χ1v) is 33.8. The van der Waals surface area contributed by atoms with Gasteiger partial charge in [-0.05, 0) is 57.8 Å². The SMILES string of the molecule is CCCCC/C=C/CC/C=C/CC/C=C/C(O)C(COC1OC(CO)C(O)C(O)C1O)NC(=O)CCCCCCCCCCCCCCCCCCCCCCCCCCCCCOC(=O)CCCCCCCCCCCCC. The molecule has 0 saturated carbocycles. The highest BCUT2D eigenvalue weighted by atomic mass is 16.7. The normalized spacial score (nSPS) is 18.6. The van der Waals surface area contributed by atoms with Crippen molar-refractivity contribution < 1.29 is 49.3 Å². The molecule has 7 atom stereocenters. The van der Waals surface area contributed by atoms with Gasteiger partial charge in [0.05, 0.1) is 32.0 Å². The second kappa shape index (κ2) is 57.7. The molecule has 0 bridgehead atoms. The number of allylic oxidation sites excluding steroid dienone is 5. The quantitative estimate of drug-likeness (QED) is 0.0195. The number of hydrogen-bond donors (Lipinski definition) is 6. The van der Waals surface area contributed by atoms with Crippen LogP contribution in [-0.2, 0) is 23.8 Å². The largest absolute Gasteiger partial charge is 0.466 e. The molecule has 1 fully saturated rings. The molecule has 11 nitrogen and oxygen atoms in total. The Hall–Kier alpha value is -2.12. The summed E-state index contributed by atoms with van der Waals surface area (Å²) in [6.07, 6.45) is 62.7. The van der Waals surface area contributed by atoms with Crippen molar-refractivity contribution in [2.24, 2.45) is 0 Å². The molecule has 1 rings (SSSR count). The topological polar surface area (TPSA) is 175 Å². The van der Waals surface area contributed by atoms with Gasteiger partial charge >= 0.3 is 5.97 Å². The van der Waals surface area contributed by atoms with E-state index in [9.17, 15) is 35.1 Å². The molecule has 0 aromatic rings. The summed E-state index contributed by atoms with van der Waals surface area (Å²) < 4.78 is 16.7. The number of esters is 1. The standard InChI is InChI=1S/C68H127NO10/c1-3-5-7-9-11-13-15-31-35-38-42-46-50-54-61(71)60(59-78-68-67(76)66(75)65(74)62(58-70)79-68)69-63(72)55-51-47-43-39-36-32-29-27-25-23-21-19-17-16-18-20-22-24-26-28-30-33-37-41-45-49-53-57-77-64(73)56-52-48-44-40-34-14-12-10-8-6-4-2/h11,13,35,38,50,54,60-62,65-68,70-71,74-76H,3-10,12,14-34,36-37,39-49,51-53,55-59H2,1-2H3,(H,69,72)/b13-11+,38-35+,54-50+. The molecule has 0 aliphatic carbocycles. The van der Waals surface area contributed by atoms with E-state index in [1.54, 1.807) is 6.08 Å². The van der Waals surface area contributed by atoms with Gasteiger partial charge in [-0.2, -0.15) is 0 Å². The maximum Gasteiger partial charge on any atom is 0.305 e. The average Bonchev–Trinajstić information content (AvgIpc) is 3.49. The second-order valence-electron chi connectivity index (χ2n) is 23.5. The first-order valence-electron chi connectivity index (χ1n) is 33.8. The van der Waals surface area contributed by atoms with Gasteiger partial charge in [-0.3, -0.25) is 9.59 Å². The molecule has 79 heavy (non-hydrogen) atoms. The molecule has 6 N–H and O–H groups in total. The van der Waals surface area contributed by atoms with Crippen LogP contribution in [0.5, 0.6) is 0 Å². The van der Waals surface area contributed by atoms with Crippen molar-refractivity contribution in [2.45, 2.75) is 365 Å². The highest BCUT2D eigenvalue weighted by molar-refractivity contribution is 5.76. The van der Waals surface area contributed by atoms with Crippen molar-refractivity contribution in [3.63, 3.8) is 0 Å². The van der Waals surface area contributed by atoms with E-state index < -0.39 is 49.5 Å². The van der Waals surface area contributed by atoms with E-state index in [1.807, 2.05) is 6.08 Å². The highest BCUT2D eigenvalue weighted by Gasteiger charge is 2.44. The van der Waals surface area contributed by atoms with Crippen molar-refractivity contribution in [1.29, 1.82) is 0 Å².